The van der Waals surface area contributed by atoms with Gasteiger partial charge in [-0.2, -0.15) is 0 Å². The van der Waals surface area contributed by atoms with Crippen LogP contribution in [0, 0.1) is 0 Å². The van der Waals surface area contributed by atoms with Gasteiger partial charge in [-0.25, -0.2) is 4.98 Å². The van der Waals surface area contributed by atoms with Crippen molar-refractivity contribution in [1.82, 2.24) is 10.3 Å². The van der Waals surface area contributed by atoms with Gasteiger partial charge in [0.15, 0.2) is 0 Å². The smallest absolute Gasteiger partial charge is 0.218 e. The topological polar surface area (TPSA) is 34.1 Å². The highest BCUT2D eigenvalue weighted by Crippen LogP contribution is 2.28. The Labute approximate surface area is 65.4 Å². The van der Waals surface area contributed by atoms with E-state index in [2.05, 4.69) is 10.3 Å². The van der Waals surface area contributed by atoms with Gasteiger partial charge in [0, 0.05) is 11.8 Å². The van der Waals surface area contributed by atoms with E-state index in [1.807, 2.05) is 19.2 Å². The Kier molecular flexibility index (Phi) is 1.51. The highest BCUT2D eigenvalue weighted by molar-refractivity contribution is 5.32. The Morgan fingerprint density at radius 2 is 2.64 bits per heavy atom. The summed E-state index contributed by atoms with van der Waals surface area (Å²) in [6.45, 7) is 0.697. The first-order valence-electron chi connectivity index (χ1n) is 3.67. The highest BCUT2D eigenvalue weighted by Gasteiger charge is 2.22. The van der Waals surface area contributed by atoms with E-state index in [9.17, 15) is 0 Å². The van der Waals surface area contributed by atoms with E-state index in [0.29, 0.717) is 12.6 Å². The van der Waals surface area contributed by atoms with Crippen LogP contribution in [0.15, 0.2) is 18.3 Å². The molecule has 1 aliphatic heterocycles. The minimum atomic E-state index is 0.318. The maximum atomic E-state index is 5.33. The second-order valence-electron chi connectivity index (χ2n) is 2.55. The third kappa shape index (κ3) is 0.973. The average Bonchev–Trinajstić information content (AvgIpc) is 2.47. The first-order valence-corrected chi connectivity index (χ1v) is 3.67. The second-order valence-corrected chi connectivity index (χ2v) is 2.55. The van der Waals surface area contributed by atoms with Crippen molar-refractivity contribution in [2.45, 2.75) is 6.04 Å². The molecule has 58 valence electrons. The summed E-state index contributed by atoms with van der Waals surface area (Å²) in [4.78, 5) is 4.10. The number of ether oxygens (including phenoxy) is 1. The van der Waals surface area contributed by atoms with Gasteiger partial charge in [-0.3, -0.25) is 0 Å². The molecule has 3 nitrogen and oxygen atoms in total. The van der Waals surface area contributed by atoms with E-state index in [1.54, 1.807) is 6.20 Å². The predicted molar refractivity (Wildman–Crippen MR) is 41.5 cm³/mol. The molecule has 2 heterocycles. The molecule has 0 bridgehead atoms. The predicted octanol–water partition coefficient (Wildman–Crippen LogP) is 0.734. The van der Waals surface area contributed by atoms with Crippen molar-refractivity contribution < 1.29 is 4.74 Å². The molecule has 0 aromatic carbocycles. The summed E-state index contributed by atoms with van der Waals surface area (Å²) >= 11 is 0. The Hall–Kier alpha value is -1.09. The number of hydrogen-bond acceptors (Lipinski definition) is 3. The number of nitrogens with one attached hydrogen (secondary N) is 1. The van der Waals surface area contributed by atoms with Crippen molar-refractivity contribution in [3.05, 3.63) is 23.9 Å². The number of pyridine rings is 1. The maximum Gasteiger partial charge on any atom is 0.218 e. The molecular formula is C8H10N2O. The molecule has 11 heavy (non-hydrogen) atoms. The van der Waals surface area contributed by atoms with Crippen LogP contribution < -0.4 is 10.1 Å². The zero-order valence-corrected chi connectivity index (χ0v) is 6.37. The fourth-order valence-electron chi connectivity index (χ4n) is 1.28. The van der Waals surface area contributed by atoms with E-state index >= 15 is 0 Å². The second kappa shape index (κ2) is 2.51. The van der Waals surface area contributed by atoms with Crippen molar-refractivity contribution >= 4 is 0 Å². The van der Waals surface area contributed by atoms with Crippen LogP contribution in [-0.4, -0.2) is 18.6 Å². The van der Waals surface area contributed by atoms with Crippen molar-refractivity contribution in [3.8, 4) is 5.88 Å². The maximum absolute atomic E-state index is 5.33. The summed E-state index contributed by atoms with van der Waals surface area (Å²) < 4.78 is 5.33. The minimum absolute atomic E-state index is 0.318. The Morgan fingerprint density at radius 1 is 1.73 bits per heavy atom. The molecule has 3 heteroatoms. The largest absolute Gasteiger partial charge is 0.475 e. The summed E-state index contributed by atoms with van der Waals surface area (Å²) in [5.41, 5.74) is 1.16. The van der Waals surface area contributed by atoms with E-state index in [0.717, 1.165) is 11.4 Å². The molecule has 1 aromatic heterocycles. The molecule has 2 rings (SSSR count). The van der Waals surface area contributed by atoms with Crippen LogP contribution in [0.25, 0.3) is 0 Å². The fourth-order valence-corrected chi connectivity index (χ4v) is 1.28. The fraction of sp³-hybridized carbons (Fsp3) is 0.375. The number of rotatable bonds is 1. The summed E-state index contributed by atoms with van der Waals surface area (Å²) in [6, 6.07) is 4.28. The third-order valence-electron chi connectivity index (χ3n) is 1.91. The molecule has 1 atom stereocenters. The van der Waals surface area contributed by atoms with Gasteiger partial charge in [0.25, 0.3) is 0 Å². The van der Waals surface area contributed by atoms with Crippen molar-refractivity contribution in [3.63, 3.8) is 0 Å². The van der Waals surface area contributed by atoms with Gasteiger partial charge in [0.1, 0.15) is 6.61 Å². The van der Waals surface area contributed by atoms with E-state index < -0.39 is 0 Å². The number of nitrogens with zero attached hydrogens (tertiary/aromatic N) is 1. The van der Waals surface area contributed by atoms with Gasteiger partial charge in [-0.1, -0.05) is 6.07 Å². The van der Waals surface area contributed by atoms with Crippen molar-refractivity contribution in [1.29, 1.82) is 0 Å². The Balaban J connectivity index is 2.39. The van der Waals surface area contributed by atoms with Gasteiger partial charge in [0.2, 0.25) is 5.88 Å². The summed E-state index contributed by atoms with van der Waals surface area (Å²) in [5, 5.41) is 3.16. The quantitative estimate of drug-likeness (QED) is 0.641. The van der Waals surface area contributed by atoms with Gasteiger partial charge in [-0.05, 0) is 13.1 Å². The van der Waals surface area contributed by atoms with E-state index in [1.165, 1.54) is 0 Å². The molecule has 0 saturated carbocycles. The first kappa shape index (κ1) is 6.61. The van der Waals surface area contributed by atoms with Crippen LogP contribution in [0.5, 0.6) is 5.88 Å². The lowest BCUT2D eigenvalue weighted by Gasteiger charge is -2.03. The lowest BCUT2D eigenvalue weighted by molar-refractivity contribution is 0.309. The van der Waals surface area contributed by atoms with Crippen LogP contribution in [0.2, 0.25) is 0 Å². The monoisotopic (exact) mass is 150 g/mol. The first-order chi connectivity index (χ1) is 5.42. The van der Waals surface area contributed by atoms with Crippen LogP contribution in [-0.2, 0) is 0 Å². The van der Waals surface area contributed by atoms with E-state index in [-0.39, 0.29) is 0 Å². The lowest BCUT2D eigenvalue weighted by atomic mass is 10.1. The molecule has 0 fully saturated rings. The molecule has 1 aliphatic rings. The molecule has 1 aromatic rings. The zero-order valence-electron chi connectivity index (χ0n) is 6.37. The molecule has 1 unspecified atom stereocenters. The average molecular weight is 150 g/mol. The SMILES string of the molecule is CNC1COc2ncccc21. The number of aromatic nitrogens is 1. The Bertz CT molecular complexity index is 262. The van der Waals surface area contributed by atoms with Crippen LogP contribution in [0.1, 0.15) is 11.6 Å². The normalized spacial score (nSPS) is 21.0. The summed E-state index contributed by atoms with van der Waals surface area (Å²) in [6.07, 6.45) is 1.75. The van der Waals surface area contributed by atoms with Gasteiger partial charge in [0.05, 0.1) is 6.04 Å². The molecule has 0 spiro atoms. The third-order valence-corrected chi connectivity index (χ3v) is 1.91. The van der Waals surface area contributed by atoms with Crippen molar-refractivity contribution in [2.75, 3.05) is 13.7 Å². The molecule has 0 amide bonds. The van der Waals surface area contributed by atoms with E-state index in [4.69, 9.17) is 4.74 Å². The van der Waals surface area contributed by atoms with Gasteiger partial charge in [-0.15, -0.1) is 0 Å². The summed E-state index contributed by atoms with van der Waals surface area (Å²) in [5.74, 6) is 0.770. The van der Waals surface area contributed by atoms with Crippen molar-refractivity contribution in [2.24, 2.45) is 0 Å². The minimum Gasteiger partial charge on any atom is -0.475 e. The lowest BCUT2D eigenvalue weighted by Crippen LogP contribution is -2.16. The number of fused-ring (bicyclic) bond motifs is 1. The van der Waals surface area contributed by atoms with Crippen LogP contribution in [0.4, 0.5) is 0 Å². The number of hydrogen-bond donors (Lipinski definition) is 1. The van der Waals surface area contributed by atoms with Gasteiger partial charge < -0.3 is 10.1 Å². The Morgan fingerprint density at radius 3 is 3.45 bits per heavy atom. The molecule has 1 N–H and O–H groups in total. The standard InChI is InChI=1S/C8H10N2O/c1-9-7-5-11-8-6(7)3-2-4-10-8/h2-4,7,9H,5H2,1H3. The summed E-state index contributed by atoms with van der Waals surface area (Å²) in [7, 11) is 1.93. The molecular weight excluding hydrogens is 140 g/mol. The van der Waals surface area contributed by atoms with Crippen LogP contribution in [0.3, 0.4) is 0 Å². The van der Waals surface area contributed by atoms with Gasteiger partial charge >= 0.3 is 0 Å². The molecule has 0 radical (unpaired) electrons. The molecule has 0 saturated heterocycles. The zero-order chi connectivity index (χ0) is 7.68. The van der Waals surface area contributed by atoms with Crippen LogP contribution >= 0.6 is 0 Å². The molecule has 0 aliphatic carbocycles. The highest BCUT2D eigenvalue weighted by atomic mass is 16.5. The number of likely N-dealkylation sites (N-methyl/N-ethyl adjacent to an activating group) is 1.